The highest BCUT2D eigenvalue weighted by atomic mass is 16.5. The third-order valence-corrected chi connectivity index (χ3v) is 8.08. The molecule has 4 aromatic carbocycles. The molecule has 222 valence electrons. The average molecular weight is 590 g/mol. The number of fused-ring (bicyclic) bond motifs is 1. The van der Waals surface area contributed by atoms with Crippen molar-refractivity contribution in [3.05, 3.63) is 139 Å². The van der Waals surface area contributed by atoms with E-state index in [1.807, 2.05) is 48.7 Å². The number of pyridine rings is 1. The van der Waals surface area contributed by atoms with Gasteiger partial charge in [-0.2, -0.15) is 10.1 Å². The summed E-state index contributed by atoms with van der Waals surface area (Å²) in [6, 6.07) is 39.4. The monoisotopic (exact) mass is 589 g/mol. The molecule has 0 aliphatic rings. The second-order valence-corrected chi connectivity index (χ2v) is 11.8. The van der Waals surface area contributed by atoms with E-state index in [0.29, 0.717) is 17.4 Å². The second kappa shape index (κ2) is 11.9. The Morgan fingerprint density at radius 3 is 2.02 bits per heavy atom. The molecule has 45 heavy (non-hydrogen) atoms. The van der Waals surface area contributed by atoms with Gasteiger partial charge in [-0.05, 0) is 70.5 Å². The highest BCUT2D eigenvalue weighted by molar-refractivity contribution is 5.87. The van der Waals surface area contributed by atoms with Crippen molar-refractivity contribution in [2.24, 2.45) is 0 Å². The minimum atomic E-state index is 0.289. The molecule has 7 rings (SSSR count). The Balaban J connectivity index is 1.42. The van der Waals surface area contributed by atoms with Gasteiger partial charge in [-0.15, -0.1) is 0 Å². The van der Waals surface area contributed by atoms with Gasteiger partial charge in [-0.1, -0.05) is 94.4 Å². The Bertz CT molecular complexity index is 2050. The van der Waals surface area contributed by atoms with Crippen LogP contribution in [0.15, 0.2) is 128 Å². The molecule has 0 N–H and O–H groups in total. The van der Waals surface area contributed by atoms with Crippen LogP contribution in [-0.2, 0) is 0 Å². The number of hydrogen-bond acceptors (Lipinski definition) is 4. The summed E-state index contributed by atoms with van der Waals surface area (Å²) in [4.78, 5) is 10.00. The number of rotatable bonds is 8. The summed E-state index contributed by atoms with van der Waals surface area (Å²) in [6.45, 7) is 9.07. The van der Waals surface area contributed by atoms with Crippen LogP contribution in [0.25, 0.3) is 45.1 Å². The van der Waals surface area contributed by atoms with Crippen LogP contribution >= 0.6 is 0 Å². The maximum absolute atomic E-state index is 6.33. The van der Waals surface area contributed by atoms with E-state index in [1.54, 1.807) is 10.9 Å². The van der Waals surface area contributed by atoms with Crippen LogP contribution in [0.1, 0.15) is 50.7 Å². The van der Waals surface area contributed by atoms with Crippen LogP contribution < -0.4 is 4.74 Å². The summed E-state index contributed by atoms with van der Waals surface area (Å²) in [7, 11) is 0. The standard InChI is InChI=1S/C39H35N5O/c1-26(2)32-23-29(28-13-7-5-8-14-28)24-33(27(3)4)38(32)39-41-34-20-19-31(25-35(34)44(39)30-15-9-6-10-16-30)45-37-18-11-17-36(42-37)43-22-12-21-40-43/h5-27H,1-4H3. The zero-order valence-corrected chi connectivity index (χ0v) is 25.9. The maximum atomic E-state index is 6.33. The van der Waals surface area contributed by atoms with Crippen LogP contribution in [-0.4, -0.2) is 24.3 Å². The number of imidazole rings is 1. The molecule has 7 aromatic rings. The van der Waals surface area contributed by atoms with Crippen LogP contribution in [0.3, 0.4) is 0 Å². The fourth-order valence-electron chi connectivity index (χ4n) is 5.89. The highest BCUT2D eigenvalue weighted by Gasteiger charge is 2.24. The maximum Gasteiger partial charge on any atom is 0.221 e. The van der Waals surface area contributed by atoms with Crippen molar-refractivity contribution >= 4 is 11.0 Å². The van der Waals surface area contributed by atoms with Gasteiger partial charge in [-0.3, -0.25) is 4.57 Å². The molecule has 0 radical (unpaired) electrons. The first-order chi connectivity index (χ1) is 22.0. The topological polar surface area (TPSA) is 57.8 Å². The van der Waals surface area contributed by atoms with Gasteiger partial charge in [0.15, 0.2) is 5.82 Å². The lowest BCUT2D eigenvalue weighted by molar-refractivity contribution is 0.462. The predicted octanol–water partition coefficient (Wildman–Crippen LogP) is 9.98. The normalized spacial score (nSPS) is 11.5. The molecule has 0 aliphatic carbocycles. The number of nitrogens with zero attached hydrogens (tertiary/aromatic N) is 5. The Hall–Kier alpha value is -5.49. The number of hydrogen-bond donors (Lipinski definition) is 0. The molecule has 0 atom stereocenters. The van der Waals surface area contributed by atoms with Gasteiger partial charge in [-0.25, -0.2) is 9.67 Å². The Kier molecular flexibility index (Phi) is 7.47. The third-order valence-electron chi connectivity index (χ3n) is 8.08. The molecule has 0 spiro atoms. The lowest BCUT2D eigenvalue weighted by Gasteiger charge is -2.22. The largest absolute Gasteiger partial charge is 0.439 e. The van der Waals surface area contributed by atoms with Gasteiger partial charge in [0.2, 0.25) is 5.88 Å². The third kappa shape index (κ3) is 5.51. The lowest BCUT2D eigenvalue weighted by Crippen LogP contribution is -2.06. The molecule has 0 unspecified atom stereocenters. The molecule has 0 amide bonds. The van der Waals surface area contributed by atoms with Gasteiger partial charge in [0, 0.05) is 35.8 Å². The van der Waals surface area contributed by atoms with Crippen molar-refractivity contribution < 1.29 is 4.74 Å². The van der Waals surface area contributed by atoms with Crippen molar-refractivity contribution in [2.45, 2.75) is 39.5 Å². The highest BCUT2D eigenvalue weighted by Crippen LogP contribution is 2.42. The number of ether oxygens (including phenoxy) is 1. The first kappa shape index (κ1) is 28.3. The van der Waals surface area contributed by atoms with Gasteiger partial charge in [0.25, 0.3) is 0 Å². The van der Waals surface area contributed by atoms with Gasteiger partial charge in [0.05, 0.1) is 11.0 Å². The van der Waals surface area contributed by atoms with E-state index in [4.69, 9.17) is 9.72 Å². The molecule has 3 aromatic heterocycles. The summed E-state index contributed by atoms with van der Waals surface area (Å²) < 4.78 is 10.3. The number of para-hydroxylation sites is 1. The minimum absolute atomic E-state index is 0.289. The fraction of sp³-hybridized carbons (Fsp3) is 0.154. The van der Waals surface area contributed by atoms with E-state index in [9.17, 15) is 0 Å². The Morgan fingerprint density at radius 2 is 1.36 bits per heavy atom. The molecule has 0 bridgehead atoms. The molecular formula is C39H35N5O. The first-order valence-electron chi connectivity index (χ1n) is 15.4. The molecule has 0 fully saturated rings. The molecule has 6 heteroatoms. The molecular weight excluding hydrogens is 554 g/mol. The van der Waals surface area contributed by atoms with Crippen molar-refractivity contribution in [1.29, 1.82) is 0 Å². The fourth-order valence-corrected chi connectivity index (χ4v) is 5.89. The summed E-state index contributed by atoms with van der Waals surface area (Å²) >= 11 is 0. The number of benzene rings is 4. The summed E-state index contributed by atoms with van der Waals surface area (Å²) in [5.74, 6) is 3.38. The van der Waals surface area contributed by atoms with Crippen molar-refractivity contribution in [2.75, 3.05) is 0 Å². The van der Waals surface area contributed by atoms with Crippen molar-refractivity contribution in [1.82, 2.24) is 24.3 Å². The lowest BCUT2D eigenvalue weighted by atomic mass is 9.85. The molecule has 0 aliphatic heterocycles. The molecule has 3 heterocycles. The molecule has 6 nitrogen and oxygen atoms in total. The SMILES string of the molecule is CC(C)c1cc(-c2ccccc2)cc(C(C)C)c1-c1nc2ccc(Oc3cccc(-n4cccn4)n3)cc2n1-c1ccccc1. The average Bonchev–Trinajstić information content (AvgIpc) is 3.74. The first-order valence-corrected chi connectivity index (χ1v) is 15.4. The van der Waals surface area contributed by atoms with Crippen molar-refractivity contribution in [3.8, 4) is 45.6 Å². The molecule has 0 saturated carbocycles. The van der Waals surface area contributed by atoms with Crippen LogP contribution in [0.4, 0.5) is 0 Å². The van der Waals surface area contributed by atoms with E-state index in [0.717, 1.165) is 22.5 Å². The summed E-state index contributed by atoms with van der Waals surface area (Å²) in [5.41, 5.74) is 9.11. The van der Waals surface area contributed by atoms with Gasteiger partial charge >= 0.3 is 0 Å². The van der Waals surface area contributed by atoms with Crippen LogP contribution in [0.2, 0.25) is 0 Å². The molecule has 0 saturated heterocycles. The van der Waals surface area contributed by atoms with E-state index in [2.05, 4.69) is 115 Å². The van der Waals surface area contributed by atoms with Crippen molar-refractivity contribution in [3.63, 3.8) is 0 Å². The summed E-state index contributed by atoms with van der Waals surface area (Å²) in [6.07, 6.45) is 3.59. The Morgan fingerprint density at radius 1 is 0.644 bits per heavy atom. The zero-order chi connectivity index (χ0) is 30.9. The van der Waals surface area contributed by atoms with Crippen LogP contribution in [0.5, 0.6) is 11.6 Å². The minimum Gasteiger partial charge on any atom is -0.439 e. The van der Waals surface area contributed by atoms with E-state index >= 15 is 0 Å². The van der Waals surface area contributed by atoms with Gasteiger partial charge < -0.3 is 4.74 Å². The summed E-state index contributed by atoms with van der Waals surface area (Å²) in [5, 5.41) is 4.30. The predicted molar refractivity (Wildman–Crippen MR) is 182 cm³/mol. The second-order valence-electron chi connectivity index (χ2n) is 11.8. The number of aromatic nitrogens is 5. The van der Waals surface area contributed by atoms with Gasteiger partial charge in [0.1, 0.15) is 11.6 Å². The smallest absolute Gasteiger partial charge is 0.221 e. The quantitative estimate of drug-likeness (QED) is 0.177. The van der Waals surface area contributed by atoms with Crippen LogP contribution in [0, 0.1) is 0 Å². The zero-order valence-electron chi connectivity index (χ0n) is 25.9. The van der Waals surface area contributed by atoms with E-state index in [1.165, 1.54) is 27.8 Å². The van der Waals surface area contributed by atoms with E-state index in [-0.39, 0.29) is 11.8 Å². The van der Waals surface area contributed by atoms with E-state index < -0.39 is 0 Å². The Labute approximate surface area is 263 Å².